The monoisotopic (exact) mass is 462 g/mol. The Bertz CT molecular complexity index is 1040. The number of ether oxygens (including phenoxy) is 1. The maximum atomic E-state index is 12.8. The molecule has 7 heteroatoms. The first-order valence-corrected chi connectivity index (χ1v) is 12.1. The van der Waals surface area contributed by atoms with Gasteiger partial charge in [0.05, 0.1) is 5.92 Å². The van der Waals surface area contributed by atoms with Crippen molar-refractivity contribution in [2.24, 2.45) is 11.8 Å². The minimum absolute atomic E-state index is 0.00492. The zero-order valence-electron chi connectivity index (χ0n) is 19.1. The maximum Gasteiger partial charge on any atom is 0.407 e. The van der Waals surface area contributed by atoms with E-state index in [9.17, 15) is 14.4 Å². The lowest BCUT2D eigenvalue weighted by molar-refractivity contribution is -0.145. The highest BCUT2D eigenvalue weighted by Gasteiger charge is 2.36. The van der Waals surface area contributed by atoms with Crippen LogP contribution in [0.4, 0.5) is 4.79 Å². The predicted octanol–water partition coefficient (Wildman–Crippen LogP) is 4.02. The summed E-state index contributed by atoms with van der Waals surface area (Å²) >= 11 is 0. The number of benzene rings is 2. The minimum Gasteiger partial charge on any atom is -0.481 e. The van der Waals surface area contributed by atoms with E-state index in [1.54, 1.807) is 4.90 Å². The molecule has 2 aromatic carbocycles. The van der Waals surface area contributed by atoms with Crippen molar-refractivity contribution in [3.05, 3.63) is 59.7 Å². The smallest absolute Gasteiger partial charge is 0.407 e. The number of hydrogen-bond acceptors (Lipinski definition) is 4. The molecule has 178 valence electrons. The summed E-state index contributed by atoms with van der Waals surface area (Å²) in [7, 11) is 0. The van der Waals surface area contributed by atoms with Crippen molar-refractivity contribution in [1.82, 2.24) is 10.2 Å². The average molecular weight is 463 g/mol. The van der Waals surface area contributed by atoms with Crippen LogP contribution in [0.1, 0.15) is 49.1 Å². The minimum atomic E-state index is -0.792. The molecule has 2 fully saturated rings. The van der Waals surface area contributed by atoms with Crippen LogP contribution < -0.4 is 5.32 Å². The Balaban J connectivity index is 1.17. The molecular weight excluding hydrogens is 432 g/mol. The van der Waals surface area contributed by atoms with E-state index in [-0.39, 0.29) is 36.8 Å². The Labute approximate surface area is 199 Å². The third-order valence-electron chi connectivity index (χ3n) is 7.43. The van der Waals surface area contributed by atoms with Gasteiger partial charge in [0.1, 0.15) is 6.61 Å². The van der Waals surface area contributed by atoms with Gasteiger partial charge < -0.3 is 20.1 Å². The first kappa shape index (κ1) is 22.4. The molecule has 2 amide bonds. The summed E-state index contributed by atoms with van der Waals surface area (Å²) in [5.74, 6) is -0.905. The summed E-state index contributed by atoms with van der Waals surface area (Å²) in [4.78, 5) is 38.4. The van der Waals surface area contributed by atoms with E-state index in [2.05, 4.69) is 29.6 Å². The number of carboxylic acid groups (broad SMARTS) is 1. The molecule has 1 saturated heterocycles. The Hall–Kier alpha value is -3.35. The molecule has 34 heavy (non-hydrogen) atoms. The Morgan fingerprint density at radius 3 is 2.09 bits per heavy atom. The van der Waals surface area contributed by atoms with E-state index in [0.29, 0.717) is 31.8 Å². The first-order chi connectivity index (χ1) is 16.5. The van der Waals surface area contributed by atoms with Crippen LogP contribution in [0.15, 0.2) is 48.5 Å². The number of rotatable bonds is 7. The van der Waals surface area contributed by atoms with Crippen LogP contribution in [-0.2, 0) is 14.3 Å². The summed E-state index contributed by atoms with van der Waals surface area (Å²) < 4.78 is 5.68. The third kappa shape index (κ3) is 4.65. The van der Waals surface area contributed by atoms with Crippen molar-refractivity contribution < 1.29 is 24.2 Å². The van der Waals surface area contributed by atoms with Gasteiger partial charge in [0.2, 0.25) is 5.91 Å². The molecule has 1 atom stereocenters. The molecule has 0 spiro atoms. The number of alkyl carbamates (subject to hydrolysis) is 1. The van der Waals surface area contributed by atoms with Crippen LogP contribution >= 0.6 is 0 Å². The van der Waals surface area contributed by atoms with Gasteiger partial charge in [0.15, 0.2) is 0 Å². The summed E-state index contributed by atoms with van der Waals surface area (Å²) in [6.07, 6.45) is 2.68. The number of amides is 2. The van der Waals surface area contributed by atoms with E-state index < -0.39 is 12.1 Å². The zero-order valence-corrected chi connectivity index (χ0v) is 19.1. The summed E-state index contributed by atoms with van der Waals surface area (Å²) in [5, 5.41) is 12.1. The van der Waals surface area contributed by atoms with Crippen molar-refractivity contribution >= 4 is 18.0 Å². The van der Waals surface area contributed by atoms with E-state index in [1.807, 2.05) is 24.3 Å². The van der Waals surface area contributed by atoms with Crippen LogP contribution in [0.3, 0.4) is 0 Å². The SMILES string of the molecule is O=C(NC(CC(=O)N1CCC(C(=O)O)CC1)C1CC1)OCC1c2ccccc2-c2ccccc21. The Morgan fingerprint density at radius 2 is 1.53 bits per heavy atom. The predicted molar refractivity (Wildman–Crippen MR) is 126 cm³/mol. The van der Waals surface area contributed by atoms with Gasteiger partial charge in [-0.25, -0.2) is 4.79 Å². The molecule has 1 unspecified atom stereocenters. The Morgan fingerprint density at radius 1 is 0.941 bits per heavy atom. The number of nitrogens with one attached hydrogen (secondary N) is 1. The van der Waals surface area contributed by atoms with Gasteiger partial charge in [-0.1, -0.05) is 48.5 Å². The highest BCUT2D eigenvalue weighted by Crippen LogP contribution is 2.44. The van der Waals surface area contributed by atoms with Gasteiger partial charge in [0.25, 0.3) is 0 Å². The fraction of sp³-hybridized carbons (Fsp3) is 0.444. The van der Waals surface area contributed by atoms with Gasteiger partial charge in [-0.2, -0.15) is 0 Å². The molecule has 2 N–H and O–H groups in total. The van der Waals surface area contributed by atoms with E-state index >= 15 is 0 Å². The molecule has 1 aliphatic heterocycles. The number of carbonyl (C=O) groups excluding carboxylic acids is 2. The normalized spacial score (nSPS) is 18.6. The highest BCUT2D eigenvalue weighted by molar-refractivity contribution is 5.80. The van der Waals surface area contributed by atoms with E-state index in [0.717, 1.165) is 24.0 Å². The number of fused-ring (bicyclic) bond motifs is 3. The number of piperidine rings is 1. The van der Waals surface area contributed by atoms with E-state index in [4.69, 9.17) is 9.84 Å². The number of aliphatic carboxylic acids is 1. The average Bonchev–Trinajstić information content (AvgIpc) is 3.65. The second-order valence-corrected chi connectivity index (χ2v) is 9.61. The third-order valence-corrected chi connectivity index (χ3v) is 7.43. The molecule has 1 saturated carbocycles. The van der Waals surface area contributed by atoms with Gasteiger partial charge >= 0.3 is 12.1 Å². The van der Waals surface area contributed by atoms with Crippen molar-refractivity contribution in [2.75, 3.05) is 19.7 Å². The lowest BCUT2D eigenvalue weighted by Gasteiger charge is -2.31. The van der Waals surface area contributed by atoms with Crippen LogP contribution in [0.25, 0.3) is 11.1 Å². The van der Waals surface area contributed by atoms with Crippen LogP contribution in [0.2, 0.25) is 0 Å². The molecule has 7 nitrogen and oxygen atoms in total. The zero-order chi connectivity index (χ0) is 23.7. The lowest BCUT2D eigenvalue weighted by Crippen LogP contribution is -2.45. The van der Waals surface area contributed by atoms with Crippen LogP contribution in [0.5, 0.6) is 0 Å². The van der Waals surface area contributed by atoms with Gasteiger partial charge in [-0.05, 0) is 53.9 Å². The van der Waals surface area contributed by atoms with Crippen LogP contribution in [0, 0.1) is 11.8 Å². The first-order valence-electron chi connectivity index (χ1n) is 12.1. The standard InChI is InChI=1S/C27H30N2O5/c30-25(29-13-11-18(12-14-29)26(31)32)15-24(17-9-10-17)28-27(33)34-16-23-21-7-3-1-5-19(21)20-6-2-4-8-22(20)23/h1-8,17-18,23-24H,9-16H2,(H,28,33)(H,31,32). The molecule has 0 bridgehead atoms. The van der Waals surface area contributed by atoms with Gasteiger partial charge in [-0.3, -0.25) is 9.59 Å². The lowest BCUT2D eigenvalue weighted by atomic mass is 9.96. The van der Waals surface area contributed by atoms with E-state index in [1.165, 1.54) is 11.1 Å². The van der Waals surface area contributed by atoms with Crippen molar-refractivity contribution in [3.63, 3.8) is 0 Å². The topological polar surface area (TPSA) is 95.9 Å². The maximum absolute atomic E-state index is 12.8. The second kappa shape index (κ2) is 9.49. The number of hydrogen-bond donors (Lipinski definition) is 2. The number of carbonyl (C=O) groups is 3. The van der Waals surface area contributed by atoms with Crippen molar-refractivity contribution in [2.45, 2.75) is 44.1 Å². The number of nitrogens with zero attached hydrogens (tertiary/aromatic N) is 1. The van der Waals surface area contributed by atoms with Crippen molar-refractivity contribution in [3.8, 4) is 11.1 Å². The fourth-order valence-electron chi connectivity index (χ4n) is 5.32. The molecule has 2 aliphatic carbocycles. The molecule has 3 aliphatic rings. The van der Waals surface area contributed by atoms with Crippen LogP contribution in [-0.4, -0.2) is 53.7 Å². The van der Waals surface area contributed by atoms with Crippen molar-refractivity contribution in [1.29, 1.82) is 0 Å². The molecule has 2 aromatic rings. The quantitative estimate of drug-likeness (QED) is 0.648. The molecule has 1 heterocycles. The highest BCUT2D eigenvalue weighted by atomic mass is 16.5. The summed E-state index contributed by atoms with van der Waals surface area (Å²) in [6.45, 7) is 1.16. The summed E-state index contributed by atoms with van der Waals surface area (Å²) in [5.41, 5.74) is 4.69. The second-order valence-electron chi connectivity index (χ2n) is 9.61. The largest absolute Gasteiger partial charge is 0.481 e. The Kier molecular flexibility index (Phi) is 6.26. The van der Waals surface area contributed by atoms with Gasteiger partial charge in [-0.15, -0.1) is 0 Å². The molecule has 0 aromatic heterocycles. The number of carboxylic acids is 1. The number of likely N-dealkylation sites (tertiary alicyclic amines) is 1. The molecule has 5 rings (SSSR count). The van der Waals surface area contributed by atoms with Gasteiger partial charge in [0, 0.05) is 31.5 Å². The molecular formula is C27H30N2O5. The summed E-state index contributed by atoms with van der Waals surface area (Å²) in [6, 6.07) is 16.2. The fourth-order valence-corrected chi connectivity index (χ4v) is 5.32. The molecule has 0 radical (unpaired) electrons.